The van der Waals surface area contributed by atoms with Crippen LogP contribution in [-0.2, 0) is 9.53 Å². The molecule has 0 atom stereocenters. The summed E-state index contributed by atoms with van der Waals surface area (Å²) in [5.41, 5.74) is 0.477. The van der Waals surface area contributed by atoms with Gasteiger partial charge in [-0.05, 0) is 30.9 Å². The first-order valence-corrected chi connectivity index (χ1v) is 6.61. The molecule has 1 N–H and O–H groups in total. The summed E-state index contributed by atoms with van der Waals surface area (Å²) >= 11 is 0. The van der Waals surface area contributed by atoms with Crippen LogP contribution in [0.3, 0.4) is 0 Å². The smallest absolute Gasteiger partial charge is 0.338 e. The van der Waals surface area contributed by atoms with E-state index in [0.717, 1.165) is 31.7 Å². The van der Waals surface area contributed by atoms with Gasteiger partial charge in [0.25, 0.3) is 0 Å². The molecule has 6 nitrogen and oxygen atoms in total. The minimum atomic E-state index is -0.741. The number of carbonyl (C=O) groups is 2. The fourth-order valence-corrected chi connectivity index (χ4v) is 2.45. The first-order chi connectivity index (χ1) is 9.60. The molecule has 0 spiro atoms. The molecular weight excluding hydrogens is 260 g/mol. The van der Waals surface area contributed by atoms with Crippen LogP contribution in [0.2, 0.25) is 0 Å². The van der Waals surface area contributed by atoms with Gasteiger partial charge in [-0.25, -0.2) is 9.78 Å². The van der Waals surface area contributed by atoms with Gasteiger partial charge in [0.1, 0.15) is 5.82 Å². The van der Waals surface area contributed by atoms with Crippen molar-refractivity contribution >= 4 is 17.8 Å². The zero-order valence-corrected chi connectivity index (χ0v) is 11.4. The van der Waals surface area contributed by atoms with Crippen molar-refractivity contribution in [3.05, 3.63) is 23.9 Å². The second-order valence-electron chi connectivity index (χ2n) is 4.92. The highest BCUT2D eigenvalue weighted by Gasteiger charge is 2.22. The molecule has 0 aromatic carbocycles. The Morgan fingerprint density at radius 1 is 1.45 bits per heavy atom. The summed E-state index contributed by atoms with van der Waals surface area (Å²) in [6.45, 7) is 1.52. The first kappa shape index (κ1) is 14.3. The number of carboxylic acids is 1. The van der Waals surface area contributed by atoms with E-state index >= 15 is 0 Å². The van der Waals surface area contributed by atoms with Gasteiger partial charge in [-0.3, -0.25) is 4.79 Å². The number of ether oxygens (including phenoxy) is 1. The number of anilines is 1. The Morgan fingerprint density at radius 3 is 2.75 bits per heavy atom. The maximum absolute atomic E-state index is 11.5. The van der Waals surface area contributed by atoms with Crippen LogP contribution < -0.4 is 4.90 Å². The first-order valence-electron chi connectivity index (χ1n) is 6.61. The number of piperidine rings is 1. The maximum Gasteiger partial charge on any atom is 0.338 e. The molecule has 1 aromatic heterocycles. The Hall–Kier alpha value is -2.11. The molecule has 0 saturated carbocycles. The van der Waals surface area contributed by atoms with Crippen LogP contribution in [0.4, 0.5) is 5.82 Å². The zero-order chi connectivity index (χ0) is 14.5. The molecule has 0 amide bonds. The van der Waals surface area contributed by atoms with Crippen molar-refractivity contribution in [2.24, 2.45) is 5.92 Å². The lowest BCUT2D eigenvalue weighted by Gasteiger charge is -2.32. The van der Waals surface area contributed by atoms with Crippen LogP contribution in [0.25, 0.3) is 0 Å². The summed E-state index contributed by atoms with van der Waals surface area (Å²) in [4.78, 5) is 28.5. The van der Waals surface area contributed by atoms with E-state index in [0.29, 0.717) is 5.56 Å². The molecule has 108 valence electrons. The molecule has 6 heteroatoms. The number of pyridine rings is 1. The second-order valence-corrected chi connectivity index (χ2v) is 4.92. The Morgan fingerprint density at radius 2 is 2.15 bits per heavy atom. The minimum absolute atomic E-state index is 0.226. The van der Waals surface area contributed by atoms with E-state index in [2.05, 4.69) is 14.6 Å². The summed E-state index contributed by atoms with van der Waals surface area (Å²) in [7, 11) is 1.35. The second kappa shape index (κ2) is 6.36. The van der Waals surface area contributed by atoms with Gasteiger partial charge in [0.05, 0.1) is 12.7 Å². The van der Waals surface area contributed by atoms with Crippen molar-refractivity contribution < 1.29 is 19.4 Å². The van der Waals surface area contributed by atoms with Gasteiger partial charge in [-0.2, -0.15) is 0 Å². The average Bonchev–Trinajstić information content (AvgIpc) is 2.47. The predicted octanol–water partition coefficient (Wildman–Crippen LogP) is 1.56. The average molecular weight is 278 g/mol. The Bertz CT molecular complexity index is 496. The van der Waals surface area contributed by atoms with E-state index in [1.807, 2.05) is 0 Å². The van der Waals surface area contributed by atoms with Crippen LogP contribution in [0.5, 0.6) is 0 Å². The molecule has 0 bridgehead atoms. The van der Waals surface area contributed by atoms with Crippen molar-refractivity contribution in [2.75, 3.05) is 25.1 Å². The molecule has 1 aliphatic heterocycles. The topological polar surface area (TPSA) is 79.7 Å². The minimum Gasteiger partial charge on any atom is -0.481 e. The summed E-state index contributed by atoms with van der Waals surface area (Å²) in [6.07, 6.45) is 3.47. The van der Waals surface area contributed by atoms with Crippen LogP contribution in [0.1, 0.15) is 29.6 Å². The van der Waals surface area contributed by atoms with Gasteiger partial charge >= 0.3 is 11.9 Å². The van der Waals surface area contributed by atoms with Crippen molar-refractivity contribution in [3.63, 3.8) is 0 Å². The summed E-state index contributed by atoms with van der Waals surface area (Å²) < 4.78 is 4.69. The van der Waals surface area contributed by atoms with Crippen molar-refractivity contribution in [1.29, 1.82) is 0 Å². The summed E-state index contributed by atoms with van der Waals surface area (Å²) in [5.74, 6) is -0.155. The van der Waals surface area contributed by atoms with Gasteiger partial charge in [-0.1, -0.05) is 0 Å². The lowest BCUT2D eigenvalue weighted by Crippen LogP contribution is -2.35. The van der Waals surface area contributed by atoms with Crippen molar-refractivity contribution in [3.8, 4) is 0 Å². The van der Waals surface area contributed by atoms with Gasteiger partial charge in [0.15, 0.2) is 0 Å². The highest BCUT2D eigenvalue weighted by molar-refractivity contribution is 5.90. The fourth-order valence-electron chi connectivity index (χ4n) is 2.45. The molecule has 1 fully saturated rings. The Labute approximate surface area is 117 Å². The van der Waals surface area contributed by atoms with Gasteiger partial charge in [0.2, 0.25) is 0 Å². The molecule has 0 unspecified atom stereocenters. The number of aromatic nitrogens is 1. The van der Waals surface area contributed by atoms with E-state index in [1.54, 1.807) is 18.3 Å². The lowest BCUT2D eigenvalue weighted by atomic mass is 9.93. The van der Waals surface area contributed by atoms with Gasteiger partial charge in [0, 0.05) is 25.7 Å². The van der Waals surface area contributed by atoms with Crippen molar-refractivity contribution in [2.45, 2.75) is 19.3 Å². The third-order valence-electron chi connectivity index (χ3n) is 3.57. The molecule has 2 rings (SSSR count). The maximum atomic E-state index is 11.5. The number of aliphatic carboxylic acids is 1. The van der Waals surface area contributed by atoms with E-state index in [-0.39, 0.29) is 18.3 Å². The Balaban J connectivity index is 2.00. The number of rotatable bonds is 4. The highest BCUT2D eigenvalue weighted by atomic mass is 16.5. The van der Waals surface area contributed by atoms with Gasteiger partial charge < -0.3 is 14.7 Å². The molecule has 1 aromatic rings. The number of hydrogen-bond acceptors (Lipinski definition) is 5. The van der Waals surface area contributed by atoms with Crippen LogP contribution >= 0.6 is 0 Å². The standard InChI is InChI=1S/C14H18N2O4/c1-20-14(19)11-2-5-15-12(9-11)16-6-3-10(4-7-16)8-13(17)18/h2,5,9-10H,3-4,6-8H2,1H3,(H,17,18). The molecule has 0 radical (unpaired) electrons. The summed E-state index contributed by atoms with van der Waals surface area (Å²) in [6, 6.07) is 3.33. The van der Waals surface area contributed by atoms with Crippen molar-refractivity contribution in [1.82, 2.24) is 4.98 Å². The Kier molecular flexibility index (Phi) is 4.55. The van der Waals surface area contributed by atoms with Gasteiger partial charge in [-0.15, -0.1) is 0 Å². The fraction of sp³-hybridized carbons (Fsp3) is 0.500. The van der Waals surface area contributed by atoms with E-state index in [4.69, 9.17) is 5.11 Å². The number of esters is 1. The lowest BCUT2D eigenvalue weighted by molar-refractivity contribution is -0.138. The van der Waals surface area contributed by atoms with Crippen LogP contribution in [0.15, 0.2) is 18.3 Å². The highest BCUT2D eigenvalue weighted by Crippen LogP contribution is 2.24. The van der Waals surface area contributed by atoms with Crippen LogP contribution in [-0.4, -0.2) is 42.2 Å². The molecular formula is C14H18N2O4. The summed E-state index contributed by atoms with van der Waals surface area (Å²) in [5, 5.41) is 8.80. The van der Waals surface area contributed by atoms with E-state index < -0.39 is 5.97 Å². The van der Waals surface area contributed by atoms with E-state index in [1.165, 1.54) is 7.11 Å². The molecule has 1 saturated heterocycles. The third-order valence-corrected chi connectivity index (χ3v) is 3.57. The molecule has 0 aliphatic carbocycles. The molecule has 1 aliphatic rings. The molecule has 20 heavy (non-hydrogen) atoms. The number of methoxy groups -OCH3 is 1. The zero-order valence-electron chi connectivity index (χ0n) is 11.4. The quantitative estimate of drug-likeness (QED) is 0.842. The van der Waals surface area contributed by atoms with E-state index in [9.17, 15) is 9.59 Å². The number of nitrogens with zero attached hydrogens (tertiary/aromatic N) is 2. The monoisotopic (exact) mass is 278 g/mol. The number of carbonyl (C=O) groups excluding carboxylic acids is 1. The number of hydrogen-bond donors (Lipinski definition) is 1. The molecule has 2 heterocycles. The normalized spacial score (nSPS) is 15.9. The van der Waals surface area contributed by atoms with Crippen LogP contribution in [0, 0.1) is 5.92 Å². The predicted molar refractivity (Wildman–Crippen MR) is 72.8 cm³/mol. The largest absolute Gasteiger partial charge is 0.481 e. The number of carboxylic acid groups (broad SMARTS) is 1. The third kappa shape index (κ3) is 3.46. The SMILES string of the molecule is COC(=O)c1ccnc(N2CCC(CC(=O)O)CC2)c1.